The van der Waals surface area contributed by atoms with Crippen LogP contribution in [0.5, 0.6) is 0 Å². The van der Waals surface area contributed by atoms with Crippen molar-refractivity contribution >= 4 is 34.7 Å². The zero-order valence-corrected chi connectivity index (χ0v) is 15.0. The van der Waals surface area contributed by atoms with Gasteiger partial charge < -0.3 is 10.2 Å². The average molecular weight is 365 g/mol. The van der Waals surface area contributed by atoms with Crippen molar-refractivity contribution in [3.63, 3.8) is 0 Å². The molecule has 2 heterocycles. The fourth-order valence-electron chi connectivity index (χ4n) is 3.10. The van der Waals surface area contributed by atoms with Crippen molar-refractivity contribution < 1.29 is 4.79 Å². The highest BCUT2D eigenvalue weighted by molar-refractivity contribution is 6.30. The molecule has 5 nitrogen and oxygen atoms in total. The highest BCUT2D eigenvalue weighted by Gasteiger charge is 2.26. The van der Waals surface area contributed by atoms with Crippen molar-refractivity contribution in [1.29, 1.82) is 0 Å². The Balaban J connectivity index is 1.60. The van der Waals surface area contributed by atoms with Crippen LogP contribution in [0.25, 0.3) is 0 Å². The van der Waals surface area contributed by atoms with E-state index >= 15 is 0 Å². The first-order valence-corrected chi connectivity index (χ1v) is 8.74. The summed E-state index contributed by atoms with van der Waals surface area (Å²) in [6.45, 7) is 2.64. The van der Waals surface area contributed by atoms with Crippen LogP contribution in [0.15, 0.2) is 54.9 Å². The first-order chi connectivity index (χ1) is 12.6. The van der Waals surface area contributed by atoms with Crippen LogP contribution in [0, 0.1) is 6.92 Å². The Kier molecular flexibility index (Phi) is 4.31. The normalized spacial score (nSPS) is 12.8. The molecule has 2 aromatic carbocycles. The summed E-state index contributed by atoms with van der Waals surface area (Å²) in [7, 11) is 0. The molecule has 1 aliphatic rings. The molecule has 3 aromatic rings. The quantitative estimate of drug-likeness (QED) is 0.749. The topological polar surface area (TPSA) is 58.1 Å². The molecule has 0 saturated carbocycles. The Hall–Kier alpha value is -2.92. The molecular weight excluding hydrogens is 348 g/mol. The Morgan fingerprint density at radius 1 is 1.15 bits per heavy atom. The molecule has 1 aromatic heterocycles. The van der Waals surface area contributed by atoms with E-state index in [1.165, 1.54) is 11.9 Å². The number of hydrogen-bond acceptors (Lipinski definition) is 4. The van der Waals surface area contributed by atoms with Crippen LogP contribution in [0.3, 0.4) is 0 Å². The summed E-state index contributed by atoms with van der Waals surface area (Å²) in [5, 5.41) is 3.85. The molecule has 0 aliphatic carbocycles. The van der Waals surface area contributed by atoms with Gasteiger partial charge in [-0.15, -0.1) is 0 Å². The third-order valence-electron chi connectivity index (χ3n) is 4.48. The molecule has 4 rings (SSSR count). The van der Waals surface area contributed by atoms with Gasteiger partial charge in [-0.2, -0.15) is 0 Å². The second-order valence-electron chi connectivity index (χ2n) is 6.21. The fraction of sp³-hybridized carbons (Fsp3) is 0.150. The van der Waals surface area contributed by atoms with Gasteiger partial charge in [-0.1, -0.05) is 35.9 Å². The minimum atomic E-state index is -0.122. The number of hydrogen-bond donors (Lipinski definition) is 1. The summed E-state index contributed by atoms with van der Waals surface area (Å²) in [6, 6.07) is 15.2. The van der Waals surface area contributed by atoms with E-state index in [2.05, 4.69) is 21.4 Å². The zero-order chi connectivity index (χ0) is 18.1. The van der Waals surface area contributed by atoms with E-state index in [4.69, 9.17) is 11.6 Å². The summed E-state index contributed by atoms with van der Waals surface area (Å²) < 4.78 is 0. The first kappa shape index (κ1) is 16.5. The number of benzene rings is 2. The van der Waals surface area contributed by atoms with Crippen LogP contribution in [0.2, 0.25) is 5.02 Å². The molecule has 130 valence electrons. The third kappa shape index (κ3) is 3.13. The zero-order valence-electron chi connectivity index (χ0n) is 14.2. The molecule has 0 spiro atoms. The number of aromatic nitrogens is 2. The molecule has 0 fully saturated rings. The largest absolute Gasteiger partial charge is 0.340 e. The maximum Gasteiger partial charge on any atom is 0.277 e. The number of para-hydroxylation sites is 1. The van der Waals surface area contributed by atoms with Crippen LogP contribution >= 0.6 is 11.6 Å². The monoisotopic (exact) mass is 364 g/mol. The lowest BCUT2D eigenvalue weighted by Crippen LogP contribution is -2.29. The van der Waals surface area contributed by atoms with E-state index in [0.29, 0.717) is 23.1 Å². The molecule has 0 saturated heterocycles. The summed E-state index contributed by atoms with van der Waals surface area (Å²) in [5.41, 5.74) is 4.38. The molecule has 0 bridgehead atoms. The number of nitrogens with zero attached hydrogens (tertiary/aromatic N) is 3. The Labute approximate surface area is 156 Å². The molecule has 0 unspecified atom stereocenters. The fourth-order valence-corrected chi connectivity index (χ4v) is 3.27. The van der Waals surface area contributed by atoms with Crippen molar-refractivity contribution in [3.05, 3.63) is 76.7 Å². The van der Waals surface area contributed by atoms with Crippen LogP contribution in [0.1, 0.15) is 21.6 Å². The Morgan fingerprint density at radius 2 is 2.00 bits per heavy atom. The summed E-state index contributed by atoms with van der Waals surface area (Å²) in [6.07, 6.45) is 2.26. The minimum absolute atomic E-state index is 0.122. The molecule has 26 heavy (non-hydrogen) atoms. The van der Waals surface area contributed by atoms with Gasteiger partial charge in [0, 0.05) is 29.0 Å². The van der Waals surface area contributed by atoms with Crippen molar-refractivity contribution in [3.8, 4) is 0 Å². The van der Waals surface area contributed by atoms with Gasteiger partial charge in [-0.3, -0.25) is 4.79 Å². The van der Waals surface area contributed by atoms with Gasteiger partial charge in [0.05, 0.1) is 0 Å². The summed E-state index contributed by atoms with van der Waals surface area (Å²) in [4.78, 5) is 23.1. The lowest BCUT2D eigenvalue weighted by molar-refractivity contribution is 0.0984. The van der Waals surface area contributed by atoms with E-state index in [0.717, 1.165) is 23.4 Å². The van der Waals surface area contributed by atoms with E-state index in [9.17, 15) is 4.79 Å². The van der Waals surface area contributed by atoms with Crippen LogP contribution in [-0.4, -0.2) is 22.4 Å². The molecular formula is C20H17ClN4O. The van der Waals surface area contributed by atoms with Gasteiger partial charge >= 0.3 is 0 Å². The number of rotatable bonds is 3. The maximum absolute atomic E-state index is 12.9. The first-order valence-electron chi connectivity index (χ1n) is 8.37. The lowest BCUT2D eigenvalue weighted by atomic mass is 10.2. The van der Waals surface area contributed by atoms with Gasteiger partial charge in [-0.05, 0) is 42.7 Å². The van der Waals surface area contributed by atoms with Crippen molar-refractivity contribution in [2.24, 2.45) is 0 Å². The number of carbonyl (C=O) groups is 1. The second kappa shape index (κ2) is 6.77. The van der Waals surface area contributed by atoms with Crippen molar-refractivity contribution in [1.82, 2.24) is 9.97 Å². The van der Waals surface area contributed by atoms with E-state index < -0.39 is 0 Å². The SMILES string of the molecule is Cc1ccc(Cl)cc1Nc1cc(C(=O)N2CCc3ccccc32)ncn1. The Bertz CT molecular complexity index is 989. The number of nitrogens with one attached hydrogen (secondary N) is 1. The number of amides is 1. The number of aryl methyl sites for hydroxylation is 1. The Morgan fingerprint density at radius 3 is 2.88 bits per heavy atom. The van der Waals surface area contributed by atoms with E-state index in [1.807, 2.05) is 43.3 Å². The number of halogens is 1. The summed E-state index contributed by atoms with van der Waals surface area (Å²) >= 11 is 6.07. The van der Waals surface area contributed by atoms with Gasteiger partial charge in [0.15, 0.2) is 0 Å². The van der Waals surface area contributed by atoms with Crippen molar-refractivity contribution in [2.75, 3.05) is 16.8 Å². The highest BCUT2D eigenvalue weighted by Crippen LogP contribution is 2.29. The number of anilines is 3. The molecule has 1 N–H and O–H groups in total. The minimum Gasteiger partial charge on any atom is -0.340 e. The smallest absolute Gasteiger partial charge is 0.277 e. The van der Waals surface area contributed by atoms with Gasteiger partial charge in [-0.25, -0.2) is 9.97 Å². The van der Waals surface area contributed by atoms with Gasteiger partial charge in [0.2, 0.25) is 0 Å². The molecule has 1 amide bonds. The van der Waals surface area contributed by atoms with E-state index in [1.54, 1.807) is 11.0 Å². The van der Waals surface area contributed by atoms with Crippen LogP contribution < -0.4 is 10.2 Å². The number of carbonyl (C=O) groups excluding carboxylic acids is 1. The van der Waals surface area contributed by atoms with Crippen LogP contribution in [-0.2, 0) is 6.42 Å². The number of fused-ring (bicyclic) bond motifs is 1. The molecule has 6 heteroatoms. The second-order valence-corrected chi connectivity index (χ2v) is 6.64. The van der Waals surface area contributed by atoms with Crippen LogP contribution in [0.4, 0.5) is 17.2 Å². The predicted molar refractivity (Wildman–Crippen MR) is 103 cm³/mol. The molecule has 1 aliphatic heterocycles. The van der Waals surface area contributed by atoms with Gasteiger partial charge in [0.1, 0.15) is 17.8 Å². The maximum atomic E-state index is 12.9. The van der Waals surface area contributed by atoms with Gasteiger partial charge in [0.25, 0.3) is 5.91 Å². The molecule has 0 radical (unpaired) electrons. The predicted octanol–water partition coefficient (Wildman–Crippen LogP) is 4.38. The molecule has 0 atom stereocenters. The lowest BCUT2D eigenvalue weighted by Gasteiger charge is -2.17. The highest BCUT2D eigenvalue weighted by atomic mass is 35.5. The van der Waals surface area contributed by atoms with E-state index in [-0.39, 0.29) is 5.91 Å². The third-order valence-corrected chi connectivity index (χ3v) is 4.72. The standard InChI is InChI=1S/C20H17ClN4O/c1-13-6-7-15(21)10-16(13)24-19-11-17(22-12-23-19)20(26)25-9-8-14-4-2-3-5-18(14)25/h2-7,10-12H,8-9H2,1H3,(H,22,23,24). The van der Waals surface area contributed by atoms with Crippen molar-refractivity contribution in [2.45, 2.75) is 13.3 Å². The summed E-state index contributed by atoms with van der Waals surface area (Å²) in [5.74, 6) is 0.435. The average Bonchev–Trinajstić information content (AvgIpc) is 3.08.